The Bertz CT molecular complexity index is 451. The zero-order chi connectivity index (χ0) is 15.8. The molecular weight excluding hydrogens is 276 g/mol. The molecule has 0 bridgehead atoms. The van der Waals surface area contributed by atoms with Crippen LogP contribution in [0.2, 0.25) is 0 Å². The van der Waals surface area contributed by atoms with Gasteiger partial charge in [-0.15, -0.1) is 0 Å². The third kappa shape index (κ3) is 5.68. The van der Waals surface area contributed by atoms with Crippen LogP contribution < -0.4 is 10.1 Å². The van der Waals surface area contributed by atoms with E-state index >= 15 is 0 Å². The lowest BCUT2D eigenvalue weighted by molar-refractivity contribution is 0.0946. The van der Waals surface area contributed by atoms with Crippen molar-refractivity contribution in [1.82, 2.24) is 10.2 Å². The van der Waals surface area contributed by atoms with E-state index in [1.165, 1.54) is 19.3 Å². The van der Waals surface area contributed by atoms with Gasteiger partial charge in [0.25, 0.3) is 5.91 Å². The molecule has 4 heteroatoms. The highest BCUT2D eigenvalue weighted by Gasteiger charge is 2.10. The number of ether oxygens (including phenoxy) is 1. The van der Waals surface area contributed by atoms with Gasteiger partial charge in [0.05, 0.1) is 6.61 Å². The smallest absolute Gasteiger partial charge is 0.251 e. The van der Waals surface area contributed by atoms with E-state index in [9.17, 15) is 4.79 Å². The minimum absolute atomic E-state index is 0.00702. The topological polar surface area (TPSA) is 41.6 Å². The van der Waals surface area contributed by atoms with Crippen molar-refractivity contribution >= 4 is 5.91 Å². The van der Waals surface area contributed by atoms with Crippen LogP contribution >= 0.6 is 0 Å². The monoisotopic (exact) mass is 304 g/mol. The summed E-state index contributed by atoms with van der Waals surface area (Å²) in [6.45, 7) is 8.91. The van der Waals surface area contributed by atoms with Crippen molar-refractivity contribution in [2.24, 2.45) is 5.92 Å². The Hall–Kier alpha value is -1.55. The summed E-state index contributed by atoms with van der Waals surface area (Å²) in [6.07, 6.45) is 3.91. The molecule has 1 saturated heterocycles. The van der Waals surface area contributed by atoms with Crippen molar-refractivity contribution in [3.05, 3.63) is 29.8 Å². The fourth-order valence-electron chi connectivity index (χ4n) is 2.58. The number of nitrogens with zero attached hydrogens (tertiary/aromatic N) is 1. The average Bonchev–Trinajstić information content (AvgIpc) is 2.54. The Labute approximate surface area is 133 Å². The maximum absolute atomic E-state index is 12.1. The first kappa shape index (κ1) is 16.8. The number of likely N-dealkylation sites (tertiary alicyclic amines) is 1. The van der Waals surface area contributed by atoms with Crippen molar-refractivity contribution < 1.29 is 9.53 Å². The molecule has 0 saturated carbocycles. The third-order valence-corrected chi connectivity index (χ3v) is 3.86. The molecule has 0 atom stereocenters. The van der Waals surface area contributed by atoms with Crippen LogP contribution in [0.25, 0.3) is 0 Å². The summed E-state index contributed by atoms with van der Waals surface area (Å²) in [5, 5.41) is 2.99. The SMILES string of the molecule is CC(C)COc1ccc(C(=O)NCCN2CCCCC2)cc1. The second-order valence-electron chi connectivity index (χ2n) is 6.39. The second-order valence-corrected chi connectivity index (χ2v) is 6.39. The van der Waals surface area contributed by atoms with Crippen LogP contribution in [0.4, 0.5) is 0 Å². The van der Waals surface area contributed by atoms with Gasteiger partial charge in [-0.1, -0.05) is 20.3 Å². The molecule has 1 heterocycles. The summed E-state index contributed by atoms with van der Waals surface area (Å²) in [5.41, 5.74) is 0.690. The van der Waals surface area contributed by atoms with Crippen LogP contribution in [0.3, 0.4) is 0 Å². The summed E-state index contributed by atoms with van der Waals surface area (Å²) in [4.78, 5) is 14.5. The number of nitrogens with one attached hydrogen (secondary N) is 1. The summed E-state index contributed by atoms with van der Waals surface area (Å²) in [5.74, 6) is 1.31. The van der Waals surface area contributed by atoms with Gasteiger partial charge in [-0.3, -0.25) is 4.79 Å². The molecular formula is C18H28N2O2. The lowest BCUT2D eigenvalue weighted by atomic mass is 10.1. The number of carbonyl (C=O) groups is 1. The van der Waals surface area contributed by atoms with Crippen LogP contribution in [-0.4, -0.2) is 43.6 Å². The Morgan fingerprint density at radius 3 is 2.50 bits per heavy atom. The fraction of sp³-hybridized carbons (Fsp3) is 0.611. The molecule has 1 aromatic rings. The molecule has 1 N–H and O–H groups in total. The van der Waals surface area contributed by atoms with Crippen molar-refractivity contribution in [3.63, 3.8) is 0 Å². The molecule has 2 rings (SSSR count). The molecule has 1 fully saturated rings. The van der Waals surface area contributed by atoms with Crippen LogP contribution in [0.5, 0.6) is 5.75 Å². The number of rotatable bonds is 7. The molecule has 1 amide bonds. The molecule has 1 aliphatic rings. The normalized spacial score (nSPS) is 15.8. The van der Waals surface area contributed by atoms with E-state index in [2.05, 4.69) is 24.1 Å². The van der Waals surface area contributed by atoms with Crippen LogP contribution in [0, 0.1) is 5.92 Å². The van der Waals surface area contributed by atoms with Crippen molar-refractivity contribution in [1.29, 1.82) is 0 Å². The molecule has 22 heavy (non-hydrogen) atoms. The number of hydrogen-bond acceptors (Lipinski definition) is 3. The maximum atomic E-state index is 12.1. The van der Waals surface area contributed by atoms with E-state index in [1.54, 1.807) is 0 Å². The first-order valence-electron chi connectivity index (χ1n) is 8.38. The zero-order valence-corrected chi connectivity index (χ0v) is 13.8. The van der Waals surface area contributed by atoms with Gasteiger partial charge >= 0.3 is 0 Å². The molecule has 122 valence electrons. The van der Waals surface area contributed by atoms with E-state index in [0.717, 1.165) is 25.4 Å². The predicted octanol–water partition coefficient (Wildman–Crippen LogP) is 2.94. The zero-order valence-electron chi connectivity index (χ0n) is 13.8. The molecule has 0 aliphatic carbocycles. The van der Waals surface area contributed by atoms with E-state index in [4.69, 9.17) is 4.74 Å². The van der Waals surface area contributed by atoms with Crippen molar-refractivity contribution in [3.8, 4) is 5.75 Å². The highest BCUT2D eigenvalue weighted by Crippen LogP contribution is 2.13. The lowest BCUT2D eigenvalue weighted by Gasteiger charge is -2.26. The molecule has 0 radical (unpaired) electrons. The van der Waals surface area contributed by atoms with Crippen molar-refractivity contribution in [2.45, 2.75) is 33.1 Å². The average molecular weight is 304 g/mol. The van der Waals surface area contributed by atoms with E-state index in [-0.39, 0.29) is 5.91 Å². The number of amides is 1. The molecule has 0 aromatic heterocycles. The quantitative estimate of drug-likeness (QED) is 0.842. The van der Waals surface area contributed by atoms with Gasteiger partial charge in [0, 0.05) is 18.7 Å². The van der Waals surface area contributed by atoms with E-state index < -0.39 is 0 Å². The Morgan fingerprint density at radius 2 is 1.86 bits per heavy atom. The van der Waals surface area contributed by atoms with E-state index in [0.29, 0.717) is 24.6 Å². The summed E-state index contributed by atoms with van der Waals surface area (Å²) >= 11 is 0. The van der Waals surface area contributed by atoms with Gasteiger partial charge in [0.2, 0.25) is 0 Å². The predicted molar refractivity (Wildman–Crippen MR) is 89.4 cm³/mol. The first-order chi connectivity index (χ1) is 10.6. The largest absolute Gasteiger partial charge is 0.493 e. The highest BCUT2D eigenvalue weighted by molar-refractivity contribution is 5.94. The van der Waals surface area contributed by atoms with Gasteiger partial charge in [0.1, 0.15) is 5.75 Å². The number of hydrogen-bond donors (Lipinski definition) is 1. The first-order valence-corrected chi connectivity index (χ1v) is 8.38. The molecule has 4 nitrogen and oxygen atoms in total. The number of carbonyl (C=O) groups excluding carboxylic acids is 1. The molecule has 0 unspecified atom stereocenters. The fourth-order valence-corrected chi connectivity index (χ4v) is 2.58. The minimum atomic E-state index is -0.00702. The van der Waals surface area contributed by atoms with Crippen molar-refractivity contribution in [2.75, 3.05) is 32.8 Å². The maximum Gasteiger partial charge on any atom is 0.251 e. The molecule has 0 spiro atoms. The Balaban J connectivity index is 1.72. The Kier molecular flexibility index (Phi) is 6.72. The van der Waals surface area contributed by atoms with Gasteiger partial charge < -0.3 is 15.0 Å². The second kappa shape index (κ2) is 8.79. The number of piperidine rings is 1. The van der Waals surface area contributed by atoms with Gasteiger partial charge in [-0.2, -0.15) is 0 Å². The van der Waals surface area contributed by atoms with Crippen LogP contribution in [-0.2, 0) is 0 Å². The molecule has 1 aliphatic heterocycles. The van der Waals surface area contributed by atoms with E-state index in [1.807, 2.05) is 24.3 Å². The van der Waals surface area contributed by atoms with Crippen LogP contribution in [0.15, 0.2) is 24.3 Å². The molecule has 1 aromatic carbocycles. The van der Waals surface area contributed by atoms with Gasteiger partial charge in [-0.25, -0.2) is 0 Å². The summed E-state index contributed by atoms with van der Waals surface area (Å²) in [7, 11) is 0. The van der Waals surface area contributed by atoms with Gasteiger partial charge in [0.15, 0.2) is 0 Å². The summed E-state index contributed by atoms with van der Waals surface area (Å²) in [6, 6.07) is 7.38. The standard InChI is InChI=1S/C18H28N2O2/c1-15(2)14-22-17-8-6-16(7-9-17)18(21)19-10-13-20-11-4-3-5-12-20/h6-9,15H,3-5,10-14H2,1-2H3,(H,19,21). The van der Waals surface area contributed by atoms with Crippen LogP contribution in [0.1, 0.15) is 43.5 Å². The number of benzene rings is 1. The lowest BCUT2D eigenvalue weighted by Crippen LogP contribution is -2.37. The minimum Gasteiger partial charge on any atom is -0.493 e. The summed E-state index contributed by atoms with van der Waals surface area (Å²) < 4.78 is 5.62. The third-order valence-electron chi connectivity index (χ3n) is 3.86. The highest BCUT2D eigenvalue weighted by atomic mass is 16.5. The van der Waals surface area contributed by atoms with Gasteiger partial charge in [-0.05, 0) is 56.1 Å². The Morgan fingerprint density at radius 1 is 1.18 bits per heavy atom.